The van der Waals surface area contributed by atoms with Crippen LogP contribution in [0.3, 0.4) is 0 Å². The van der Waals surface area contributed by atoms with Gasteiger partial charge in [-0.25, -0.2) is 0 Å². The fourth-order valence-corrected chi connectivity index (χ4v) is 3.75. The number of aromatic nitrogens is 2. The summed E-state index contributed by atoms with van der Waals surface area (Å²) in [7, 11) is 0. The standard InChI is InChI=1S/C19H25BrN2O2/c1-13(11-23)12-24-19-17(20)18(21-22-19)16-9-7-15(8-10-16)14-5-3-2-4-6-14/h7-10,13-14,23H,2-6,11-12H2,1H3,(H,21,22)/t13-/m1/s1. The molecule has 0 spiro atoms. The van der Waals surface area contributed by atoms with Crippen LogP contribution in [0.25, 0.3) is 11.3 Å². The van der Waals surface area contributed by atoms with Crippen LogP contribution in [0, 0.1) is 5.92 Å². The van der Waals surface area contributed by atoms with Gasteiger partial charge in [-0.15, -0.1) is 5.10 Å². The Bertz CT molecular complexity index is 648. The van der Waals surface area contributed by atoms with E-state index in [-0.39, 0.29) is 12.5 Å². The molecule has 1 aromatic carbocycles. The number of aliphatic hydroxyl groups excluding tert-OH is 1. The molecule has 0 bridgehead atoms. The Morgan fingerprint density at radius 1 is 1.25 bits per heavy atom. The van der Waals surface area contributed by atoms with Crippen LogP contribution < -0.4 is 4.74 Å². The number of hydrogen-bond donors (Lipinski definition) is 2. The number of aromatic amines is 1. The molecule has 0 saturated heterocycles. The van der Waals surface area contributed by atoms with Crippen molar-refractivity contribution in [3.8, 4) is 17.1 Å². The minimum atomic E-state index is 0.0897. The van der Waals surface area contributed by atoms with E-state index in [1.807, 2.05) is 6.92 Å². The van der Waals surface area contributed by atoms with Gasteiger partial charge in [0.15, 0.2) is 0 Å². The summed E-state index contributed by atoms with van der Waals surface area (Å²) >= 11 is 3.57. The molecule has 1 saturated carbocycles. The SMILES string of the molecule is C[C@H](CO)COc1n[nH]c(-c2ccc(C3CCCCC3)cc2)c1Br. The lowest BCUT2D eigenvalue weighted by Gasteiger charge is -2.22. The first-order valence-corrected chi connectivity index (χ1v) is 9.56. The molecule has 4 nitrogen and oxygen atoms in total. The van der Waals surface area contributed by atoms with Gasteiger partial charge in [0.25, 0.3) is 0 Å². The zero-order valence-corrected chi connectivity index (χ0v) is 15.7. The largest absolute Gasteiger partial charge is 0.475 e. The van der Waals surface area contributed by atoms with E-state index >= 15 is 0 Å². The van der Waals surface area contributed by atoms with Gasteiger partial charge in [0.2, 0.25) is 5.88 Å². The van der Waals surface area contributed by atoms with Crippen molar-refractivity contribution >= 4 is 15.9 Å². The number of aliphatic hydroxyl groups is 1. The number of benzene rings is 1. The smallest absolute Gasteiger partial charge is 0.247 e. The number of nitrogens with one attached hydrogen (secondary N) is 1. The van der Waals surface area contributed by atoms with E-state index in [0.717, 1.165) is 21.6 Å². The van der Waals surface area contributed by atoms with Crippen molar-refractivity contribution in [1.29, 1.82) is 0 Å². The van der Waals surface area contributed by atoms with Gasteiger partial charge in [0, 0.05) is 18.1 Å². The summed E-state index contributed by atoms with van der Waals surface area (Å²) in [5.74, 6) is 1.35. The Morgan fingerprint density at radius 3 is 2.62 bits per heavy atom. The summed E-state index contributed by atoms with van der Waals surface area (Å²) in [5.41, 5.74) is 3.47. The van der Waals surface area contributed by atoms with Crippen molar-refractivity contribution < 1.29 is 9.84 Å². The Morgan fingerprint density at radius 2 is 1.96 bits per heavy atom. The summed E-state index contributed by atoms with van der Waals surface area (Å²) in [5, 5.41) is 16.4. The van der Waals surface area contributed by atoms with Gasteiger partial charge < -0.3 is 9.84 Å². The molecular formula is C19H25BrN2O2. The number of ether oxygens (including phenoxy) is 1. The van der Waals surface area contributed by atoms with E-state index < -0.39 is 0 Å². The monoisotopic (exact) mass is 392 g/mol. The lowest BCUT2D eigenvalue weighted by Crippen LogP contribution is -2.12. The minimum absolute atomic E-state index is 0.0897. The first-order chi connectivity index (χ1) is 11.7. The fourth-order valence-electron chi connectivity index (χ4n) is 3.23. The maximum absolute atomic E-state index is 9.08. The van der Waals surface area contributed by atoms with Gasteiger partial charge in [0.05, 0.1) is 12.3 Å². The molecule has 0 unspecified atom stereocenters. The third-order valence-corrected chi connectivity index (χ3v) is 5.50. The fraction of sp³-hybridized carbons (Fsp3) is 0.526. The molecule has 2 N–H and O–H groups in total. The van der Waals surface area contributed by atoms with Crippen LogP contribution in [0.2, 0.25) is 0 Å². The molecule has 1 heterocycles. The van der Waals surface area contributed by atoms with Crippen LogP contribution >= 0.6 is 15.9 Å². The third-order valence-electron chi connectivity index (χ3n) is 4.77. The molecule has 1 aromatic heterocycles. The highest BCUT2D eigenvalue weighted by Crippen LogP contribution is 2.36. The van der Waals surface area contributed by atoms with E-state index in [9.17, 15) is 0 Å². The lowest BCUT2D eigenvalue weighted by molar-refractivity contribution is 0.170. The number of rotatable bonds is 6. The van der Waals surface area contributed by atoms with E-state index in [2.05, 4.69) is 50.4 Å². The molecule has 5 heteroatoms. The molecule has 1 atom stereocenters. The van der Waals surface area contributed by atoms with E-state index in [1.165, 1.54) is 37.7 Å². The van der Waals surface area contributed by atoms with Gasteiger partial charge >= 0.3 is 0 Å². The maximum Gasteiger partial charge on any atom is 0.247 e. The molecule has 1 aliphatic rings. The number of nitrogens with zero attached hydrogens (tertiary/aromatic N) is 1. The first-order valence-electron chi connectivity index (χ1n) is 8.77. The van der Waals surface area contributed by atoms with Gasteiger partial charge in [-0.3, -0.25) is 5.10 Å². The second kappa shape index (κ2) is 8.17. The Balaban J connectivity index is 1.71. The van der Waals surface area contributed by atoms with Crippen LogP contribution in [-0.4, -0.2) is 28.5 Å². The van der Waals surface area contributed by atoms with Gasteiger partial charge in [-0.1, -0.05) is 50.5 Å². The van der Waals surface area contributed by atoms with Crippen molar-refractivity contribution in [1.82, 2.24) is 10.2 Å². The summed E-state index contributed by atoms with van der Waals surface area (Å²) in [6, 6.07) is 8.80. The second-order valence-corrected chi connectivity index (χ2v) is 7.57. The maximum atomic E-state index is 9.08. The van der Waals surface area contributed by atoms with E-state index in [0.29, 0.717) is 12.5 Å². The predicted octanol–water partition coefficient (Wildman–Crippen LogP) is 4.89. The van der Waals surface area contributed by atoms with Crippen LogP contribution in [0.4, 0.5) is 0 Å². The number of halogens is 1. The van der Waals surface area contributed by atoms with Crippen LogP contribution in [0.15, 0.2) is 28.7 Å². The molecule has 1 fully saturated rings. The molecule has 3 rings (SSSR count). The molecule has 2 aromatic rings. The van der Waals surface area contributed by atoms with E-state index in [4.69, 9.17) is 9.84 Å². The van der Waals surface area contributed by atoms with Crippen molar-refractivity contribution in [2.75, 3.05) is 13.2 Å². The Hall–Kier alpha value is -1.33. The highest BCUT2D eigenvalue weighted by atomic mass is 79.9. The van der Waals surface area contributed by atoms with Crippen LogP contribution in [0.1, 0.15) is 50.5 Å². The third kappa shape index (κ3) is 4.01. The highest BCUT2D eigenvalue weighted by Gasteiger charge is 2.17. The molecule has 24 heavy (non-hydrogen) atoms. The molecule has 1 aliphatic carbocycles. The zero-order valence-electron chi connectivity index (χ0n) is 14.1. The lowest BCUT2D eigenvalue weighted by atomic mass is 9.84. The minimum Gasteiger partial charge on any atom is -0.475 e. The molecule has 0 aliphatic heterocycles. The predicted molar refractivity (Wildman–Crippen MR) is 99.3 cm³/mol. The molecule has 0 radical (unpaired) electrons. The van der Waals surface area contributed by atoms with Crippen molar-refractivity contribution in [2.24, 2.45) is 5.92 Å². The molecule has 0 amide bonds. The van der Waals surface area contributed by atoms with Gasteiger partial charge in [-0.2, -0.15) is 0 Å². The average Bonchev–Trinajstić information content (AvgIpc) is 3.01. The Kier molecular flexibility index (Phi) is 5.95. The van der Waals surface area contributed by atoms with Crippen molar-refractivity contribution in [2.45, 2.75) is 44.9 Å². The number of hydrogen-bond acceptors (Lipinski definition) is 3. The quantitative estimate of drug-likeness (QED) is 0.735. The van der Waals surface area contributed by atoms with Crippen LogP contribution in [-0.2, 0) is 0 Å². The summed E-state index contributed by atoms with van der Waals surface area (Å²) in [6.07, 6.45) is 6.71. The normalized spacial score (nSPS) is 17.0. The topological polar surface area (TPSA) is 58.1 Å². The highest BCUT2D eigenvalue weighted by molar-refractivity contribution is 9.10. The van der Waals surface area contributed by atoms with Crippen molar-refractivity contribution in [3.63, 3.8) is 0 Å². The molecular weight excluding hydrogens is 368 g/mol. The summed E-state index contributed by atoms with van der Waals surface area (Å²) < 4.78 is 6.49. The van der Waals surface area contributed by atoms with Crippen molar-refractivity contribution in [3.05, 3.63) is 34.3 Å². The first kappa shape index (κ1) is 17.5. The second-order valence-electron chi connectivity index (χ2n) is 6.77. The average molecular weight is 393 g/mol. The van der Waals surface area contributed by atoms with Gasteiger partial charge in [0.1, 0.15) is 4.47 Å². The van der Waals surface area contributed by atoms with E-state index in [1.54, 1.807) is 0 Å². The summed E-state index contributed by atoms with van der Waals surface area (Å²) in [6.45, 7) is 2.49. The number of H-pyrrole nitrogens is 1. The Labute approximate surface area is 151 Å². The zero-order chi connectivity index (χ0) is 16.9. The summed E-state index contributed by atoms with van der Waals surface area (Å²) in [4.78, 5) is 0. The van der Waals surface area contributed by atoms with Crippen LogP contribution in [0.5, 0.6) is 5.88 Å². The molecule has 130 valence electrons. The van der Waals surface area contributed by atoms with Gasteiger partial charge in [-0.05, 0) is 40.3 Å².